The molecule has 4 heteroatoms. The van der Waals surface area contributed by atoms with Crippen LogP contribution in [0, 0.1) is 5.41 Å². The third kappa shape index (κ3) is 3.64. The van der Waals surface area contributed by atoms with Crippen LogP contribution in [0.15, 0.2) is 48.5 Å². The van der Waals surface area contributed by atoms with Gasteiger partial charge in [-0.3, -0.25) is 4.79 Å². The van der Waals surface area contributed by atoms with Crippen LogP contribution in [0.4, 0.5) is 0 Å². The number of likely N-dealkylation sites (tertiary alicyclic amines) is 2. The molecule has 142 valence electrons. The van der Waals surface area contributed by atoms with E-state index in [9.17, 15) is 9.90 Å². The molecule has 4 rings (SSSR count). The van der Waals surface area contributed by atoms with Gasteiger partial charge in [-0.05, 0) is 67.1 Å². The van der Waals surface area contributed by atoms with E-state index in [4.69, 9.17) is 0 Å². The van der Waals surface area contributed by atoms with Gasteiger partial charge in [0.1, 0.15) is 0 Å². The first-order valence-electron chi connectivity index (χ1n) is 9.87. The maximum absolute atomic E-state index is 13.1. The van der Waals surface area contributed by atoms with Crippen LogP contribution >= 0.6 is 0 Å². The predicted molar refractivity (Wildman–Crippen MR) is 107 cm³/mol. The van der Waals surface area contributed by atoms with Crippen LogP contribution in [0.3, 0.4) is 0 Å². The van der Waals surface area contributed by atoms with Gasteiger partial charge in [-0.1, -0.05) is 36.4 Å². The van der Waals surface area contributed by atoms with Crippen molar-refractivity contribution in [1.29, 1.82) is 0 Å². The Morgan fingerprint density at radius 2 is 1.78 bits per heavy atom. The smallest absolute Gasteiger partial charge is 0.253 e. The second-order valence-corrected chi connectivity index (χ2v) is 8.18. The van der Waals surface area contributed by atoms with E-state index in [1.807, 2.05) is 53.4 Å². The molecule has 1 N–H and O–H groups in total. The monoisotopic (exact) mass is 364 g/mol. The average Bonchev–Trinajstić information content (AvgIpc) is 3.08. The van der Waals surface area contributed by atoms with Gasteiger partial charge in [0.2, 0.25) is 0 Å². The van der Waals surface area contributed by atoms with Crippen molar-refractivity contribution in [3.05, 3.63) is 59.7 Å². The van der Waals surface area contributed by atoms with Gasteiger partial charge in [-0.25, -0.2) is 0 Å². The summed E-state index contributed by atoms with van der Waals surface area (Å²) in [4.78, 5) is 17.5. The molecule has 0 aromatic heterocycles. The highest BCUT2D eigenvalue weighted by Gasteiger charge is 2.40. The van der Waals surface area contributed by atoms with Crippen molar-refractivity contribution in [2.45, 2.75) is 25.9 Å². The van der Waals surface area contributed by atoms with Crippen molar-refractivity contribution in [3.63, 3.8) is 0 Å². The second kappa shape index (κ2) is 7.45. The standard InChI is InChI=1S/C23H28N2O2/c1-24-12-9-23(17-24)10-13-25(14-11-23)22(27)19-7-4-6-18(15-19)21-8-3-2-5-20(21)16-26/h2-8,15,26H,9-14,16-17H2,1H3. The number of benzene rings is 2. The number of rotatable bonds is 3. The van der Waals surface area contributed by atoms with Crippen LogP contribution in [0.25, 0.3) is 11.1 Å². The summed E-state index contributed by atoms with van der Waals surface area (Å²) in [5, 5.41) is 9.60. The third-order valence-electron chi connectivity index (χ3n) is 6.35. The molecule has 27 heavy (non-hydrogen) atoms. The number of amides is 1. The molecule has 1 spiro atoms. The molecule has 2 aromatic rings. The number of aliphatic hydroxyl groups excluding tert-OH is 1. The van der Waals surface area contributed by atoms with Gasteiger partial charge >= 0.3 is 0 Å². The van der Waals surface area contributed by atoms with Gasteiger partial charge in [0, 0.05) is 25.2 Å². The predicted octanol–water partition coefficient (Wildman–Crippen LogP) is 3.40. The van der Waals surface area contributed by atoms with Crippen molar-refractivity contribution < 1.29 is 9.90 Å². The van der Waals surface area contributed by atoms with E-state index in [0.29, 0.717) is 5.41 Å². The number of carbonyl (C=O) groups is 1. The summed E-state index contributed by atoms with van der Waals surface area (Å²) in [7, 11) is 2.20. The van der Waals surface area contributed by atoms with Gasteiger partial charge in [-0.15, -0.1) is 0 Å². The molecule has 1 amide bonds. The molecule has 2 aliphatic rings. The lowest BCUT2D eigenvalue weighted by Gasteiger charge is -2.39. The fourth-order valence-corrected chi connectivity index (χ4v) is 4.69. The summed E-state index contributed by atoms with van der Waals surface area (Å²) >= 11 is 0. The van der Waals surface area contributed by atoms with Crippen LogP contribution in [0.5, 0.6) is 0 Å². The Kier molecular flexibility index (Phi) is 5.02. The van der Waals surface area contributed by atoms with E-state index in [2.05, 4.69) is 11.9 Å². The number of piperidine rings is 1. The number of nitrogens with zero attached hydrogens (tertiary/aromatic N) is 2. The molecule has 0 bridgehead atoms. The van der Waals surface area contributed by atoms with Crippen molar-refractivity contribution in [3.8, 4) is 11.1 Å². The molecule has 2 fully saturated rings. The summed E-state index contributed by atoms with van der Waals surface area (Å²) in [6, 6.07) is 15.6. The first kappa shape index (κ1) is 18.2. The van der Waals surface area contributed by atoms with Crippen LogP contribution in [0.1, 0.15) is 35.2 Å². The zero-order chi connectivity index (χ0) is 18.9. The molecule has 4 nitrogen and oxygen atoms in total. The molecule has 0 atom stereocenters. The molecule has 2 aromatic carbocycles. The first-order chi connectivity index (χ1) is 13.1. The SMILES string of the molecule is CN1CCC2(CCN(C(=O)c3cccc(-c4ccccc4CO)c3)CC2)C1. The number of aliphatic hydroxyl groups is 1. The molecule has 2 aliphatic heterocycles. The maximum Gasteiger partial charge on any atom is 0.253 e. The lowest BCUT2D eigenvalue weighted by atomic mass is 9.77. The Hall–Kier alpha value is -2.17. The Labute approximate surface area is 161 Å². The highest BCUT2D eigenvalue weighted by atomic mass is 16.3. The summed E-state index contributed by atoms with van der Waals surface area (Å²) < 4.78 is 0. The fraction of sp³-hybridized carbons (Fsp3) is 0.435. The van der Waals surface area contributed by atoms with Crippen molar-refractivity contribution in [2.75, 3.05) is 33.2 Å². The topological polar surface area (TPSA) is 43.8 Å². The zero-order valence-electron chi connectivity index (χ0n) is 16.0. The Balaban J connectivity index is 1.50. The number of hydrogen-bond donors (Lipinski definition) is 1. The molecule has 0 saturated carbocycles. The molecule has 0 radical (unpaired) electrons. The zero-order valence-corrected chi connectivity index (χ0v) is 16.0. The van der Waals surface area contributed by atoms with E-state index in [1.54, 1.807) is 0 Å². The lowest BCUT2D eigenvalue weighted by molar-refractivity contribution is 0.0594. The number of carbonyl (C=O) groups excluding carboxylic acids is 1. The van der Waals surface area contributed by atoms with Gasteiger partial charge in [-0.2, -0.15) is 0 Å². The highest BCUT2D eigenvalue weighted by Crippen LogP contribution is 2.40. The van der Waals surface area contributed by atoms with Gasteiger partial charge in [0.25, 0.3) is 5.91 Å². The number of hydrogen-bond acceptors (Lipinski definition) is 3. The summed E-state index contributed by atoms with van der Waals surface area (Å²) in [6.45, 7) is 4.05. The Morgan fingerprint density at radius 3 is 2.48 bits per heavy atom. The summed E-state index contributed by atoms with van der Waals surface area (Å²) in [5.74, 6) is 0.125. The van der Waals surface area contributed by atoms with Crippen LogP contribution in [-0.2, 0) is 6.61 Å². The molecule has 0 aliphatic carbocycles. The first-order valence-corrected chi connectivity index (χ1v) is 9.87. The van der Waals surface area contributed by atoms with E-state index >= 15 is 0 Å². The average molecular weight is 364 g/mol. The Bertz CT molecular complexity index is 825. The lowest BCUT2D eigenvalue weighted by Crippen LogP contribution is -2.44. The van der Waals surface area contributed by atoms with Crippen molar-refractivity contribution in [2.24, 2.45) is 5.41 Å². The minimum atomic E-state index is -0.00297. The highest BCUT2D eigenvalue weighted by molar-refractivity contribution is 5.95. The third-order valence-corrected chi connectivity index (χ3v) is 6.35. The molecular formula is C23H28N2O2. The maximum atomic E-state index is 13.1. The minimum Gasteiger partial charge on any atom is -0.392 e. The van der Waals surface area contributed by atoms with Crippen molar-refractivity contribution in [1.82, 2.24) is 9.80 Å². The second-order valence-electron chi connectivity index (χ2n) is 8.18. The van der Waals surface area contributed by atoms with Gasteiger partial charge < -0.3 is 14.9 Å². The summed E-state index contributed by atoms with van der Waals surface area (Å²) in [5.41, 5.74) is 4.01. The normalized spacial score (nSPS) is 19.6. The van der Waals surface area contributed by atoms with Gasteiger partial charge in [0.05, 0.1) is 6.61 Å². The van der Waals surface area contributed by atoms with Crippen molar-refractivity contribution >= 4 is 5.91 Å². The van der Waals surface area contributed by atoms with E-state index in [1.165, 1.54) is 19.5 Å². The molecular weight excluding hydrogens is 336 g/mol. The Morgan fingerprint density at radius 1 is 1.04 bits per heavy atom. The molecule has 2 saturated heterocycles. The minimum absolute atomic E-state index is 0.00297. The molecule has 2 heterocycles. The van der Waals surface area contributed by atoms with Gasteiger partial charge in [0.15, 0.2) is 0 Å². The summed E-state index contributed by atoms with van der Waals surface area (Å²) in [6.07, 6.45) is 3.48. The van der Waals surface area contributed by atoms with Crippen LogP contribution in [0.2, 0.25) is 0 Å². The largest absolute Gasteiger partial charge is 0.392 e. The quantitative estimate of drug-likeness (QED) is 0.908. The fourth-order valence-electron chi connectivity index (χ4n) is 4.69. The van der Waals surface area contributed by atoms with E-state index < -0.39 is 0 Å². The van der Waals surface area contributed by atoms with Crippen LogP contribution < -0.4 is 0 Å². The van der Waals surface area contributed by atoms with E-state index in [0.717, 1.165) is 48.2 Å². The van der Waals surface area contributed by atoms with Crippen LogP contribution in [-0.4, -0.2) is 54.0 Å². The molecule has 0 unspecified atom stereocenters. The van der Waals surface area contributed by atoms with E-state index in [-0.39, 0.29) is 12.5 Å².